The summed E-state index contributed by atoms with van der Waals surface area (Å²) in [4.78, 5) is 26.8. The Bertz CT molecular complexity index is 1120. The van der Waals surface area contributed by atoms with E-state index in [4.69, 9.17) is 21.1 Å². The number of hydrogen-bond acceptors (Lipinski definition) is 5. The Morgan fingerprint density at radius 1 is 0.735 bits per heavy atom. The summed E-state index contributed by atoms with van der Waals surface area (Å²) in [5, 5.41) is 2.54. The fraction of sp³-hybridized carbons (Fsp3) is 0.357. The molecular formula is C28H31ClO4S. The van der Waals surface area contributed by atoms with E-state index in [1.807, 2.05) is 95.5 Å². The first kappa shape index (κ1) is 26.0. The standard InChI is InChI=1S/C28H31ClO4S/c1-27(2,3)25(30)32-23(18-13-15-19(29)16-14-18)20-10-7-8-11-21(20)24(22-12-9-17-34-22)33-26(31)28(4,5)6/h7-17,23-24H,1-6H3. The quantitative estimate of drug-likeness (QED) is 0.326. The van der Waals surface area contributed by atoms with Gasteiger partial charge in [-0.3, -0.25) is 9.59 Å². The maximum absolute atomic E-state index is 13.0. The summed E-state index contributed by atoms with van der Waals surface area (Å²) in [5.74, 6) is -0.642. The van der Waals surface area contributed by atoms with Crippen LogP contribution in [-0.4, -0.2) is 11.9 Å². The van der Waals surface area contributed by atoms with Crippen LogP contribution in [0.5, 0.6) is 0 Å². The molecule has 0 aliphatic rings. The van der Waals surface area contributed by atoms with E-state index in [-0.39, 0.29) is 11.9 Å². The Kier molecular flexibility index (Phi) is 7.89. The minimum absolute atomic E-state index is 0.310. The second-order valence-electron chi connectivity index (χ2n) is 10.3. The van der Waals surface area contributed by atoms with Gasteiger partial charge in [-0.2, -0.15) is 0 Å². The highest BCUT2D eigenvalue weighted by molar-refractivity contribution is 7.10. The molecule has 0 fully saturated rings. The van der Waals surface area contributed by atoms with Gasteiger partial charge < -0.3 is 9.47 Å². The number of carbonyl (C=O) groups is 2. The summed E-state index contributed by atoms with van der Waals surface area (Å²) in [6.07, 6.45) is -1.33. The van der Waals surface area contributed by atoms with Crippen LogP contribution in [0.4, 0.5) is 0 Å². The lowest BCUT2D eigenvalue weighted by atomic mass is 9.91. The Balaban J connectivity index is 2.15. The summed E-state index contributed by atoms with van der Waals surface area (Å²) in [6.45, 7) is 10.9. The number of esters is 2. The Hall–Kier alpha value is -2.63. The Morgan fingerprint density at radius 3 is 1.71 bits per heavy atom. The van der Waals surface area contributed by atoms with Crippen LogP contribution in [0.1, 0.15) is 75.3 Å². The number of ether oxygens (including phenoxy) is 2. The average molecular weight is 499 g/mol. The molecule has 0 spiro atoms. The van der Waals surface area contributed by atoms with Gasteiger partial charge in [0.05, 0.1) is 10.8 Å². The zero-order valence-corrected chi connectivity index (χ0v) is 22.0. The van der Waals surface area contributed by atoms with Crippen LogP contribution < -0.4 is 0 Å². The highest BCUT2D eigenvalue weighted by Gasteiger charge is 2.33. The largest absolute Gasteiger partial charge is 0.452 e. The molecule has 0 amide bonds. The average Bonchev–Trinajstić information content (AvgIpc) is 3.29. The molecule has 0 aliphatic carbocycles. The molecule has 4 nitrogen and oxygen atoms in total. The molecule has 2 aromatic carbocycles. The lowest BCUT2D eigenvalue weighted by Crippen LogP contribution is -2.27. The maximum Gasteiger partial charge on any atom is 0.312 e. The molecule has 3 aromatic rings. The second-order valence-corrected chi connectivity index (χ2v) is 11.7. The van der Waals surface area contributed by atoms with Crippen molar-refractivity contribution in [1.82, 2.24) is 0 Å². The van der Waals surface area contributed by atoms with Gasteiger partial charge in [0.25, 0.3) is 0 Å². The molecule has 34 heavy (non-hydrogen) atoms. The van der Waals surface area contributed by atoms with Crippen LogP contribution in [0.2, 0.25) is 5.02 Å². The molecule has 0 saturated heterocycles. The maximum atomic E-state index is 13.0. The second kappa shape index (κ2) is 10.3. The molecule has 0 N–H and O–H groups in total. The molecular weight excluding hydrogens is 468 g/mol. The van der Waals surface area contributed by atoms with E-state index in [9.17, 15) is 9.59 Å². The SMILES string of the molecule is CC(C)(C)C(=O)OC(c1ccc(Cl)cc1)c1ccccc1C(OC(=O)C(C)(C)C)c1cccs1. The topological polar surface area (TPSA) is 52.6 Å². The van der Waals surface area contributed by atoms with E-state index in [1.165, 1.54) is 11.3 Å². The highest BCUT2D eigenvalue weighted by atomic mass is 35.5. The van der Waals surface area contributed by atoms with E-state index < -0.39 is 23.0 Å². The van der Waals surface area contributed by atoms with Crippen molar-refractivity contribution in [2.45, 2.75) is 53.8 Å². The van der Waals surface area contributed by atoms with Crippen molar-refractivity contribution in [3.05, 3.63) is 92.6 Å². The van der Waals surface area contributed by atoms with Gasteiger partial charge >= 0.3 is 11.9 Å². The van der Waals surface area contributed by atoms with Crippen molar-refractivity contribution in [1.29, 1.82) is 0 Å². The Labute approximate surface area is 210 Å². The number of hydrogen-bond donors (Lipinski definition) is 0. The predicted octanol–water partition coefficient (Wildman–Crippen LogP) is 7.76. The van der Waals surface area contributed by atoms with Crippen molar-refractivity contribution in [3.63, 3.8) is 0 Å². The predicted molar refractivity (Wildman–Crippen MR) is 137 cm³/mol. The number of carbonyl (C=O) groups excluding carboxylic acids is 2. The first-order chi connectivity index (χ1) is 15.9. The molecule has 0 bridgehead atoms. The Morgan fingerprint density at radius 2 is 1.24 bits per heavy atom. The van der Waals surface area contributed by atoms with Gasteiger partial charge in [0.2, 0.25) is 0 Å². The monoisotopic (exact) mass is 498 g/mol. The van der Waals surface area contributed by atoms with E-state index in [1.54, 1.807) is 12.1 Å². The van der Waals surface area contributed by atoms with Crippen molar-refractivity contribution in [3.8, 4) is 0 Å². The number of benzene rings is 2. The number of thiophene rings is 1. The summed E-state index contributed by atoms with van der Waals surface area (Å²) in [5.41, 5.74) is 0.942. The highest BCUT2D eigenvalue weighted by Crippen LogP contribution is 2.39. The van der Waals surface area contributed by atoms with E-state index in [0.717, 1.165) is 21.6 Å². The third-order valence-electron chi connectivity index (χ3n) is 5.21. The zero-order valence-electron chi connectivity index (χ0n) is 20.4. The molecule has 0 saturated carbocycles. The van der Waals surface area contributed by atoms with Gasteiger partial charge in [-0.1, -0.05) is 54.1 Å². The molecule has 6 heteroatoms. The van der Waals surface area contributed by atoms with Gasteiger partial charge in [0, 0.05) is 21.0 Å². The third-order valence-corrected chi connectivity index (χ3v) is 6.38. The van der Waals surface area contributed by atoms with Crippen molar-refractivity contribution in [2.24, 2.45) is 10.8 Å². The van der Waals surface area contributed by atoms with Gasteiger partial charge in [-0.25, -0.2) is 0 Å². The molecule has 2 unspecified atom stereocenters. The lowest BCUT2D eigenvalue weighted by Gasteiger charge is -2.29. The minimum atomic E-state index is -0.698. The molecule has 1 heterocycles. The third kappa shape index (κ3) is 6.28. The van der Waals surface area contributed by atoms with Gasteiger partial charge in [0.1, 0.15) is 0 Å². The van der Waals surface area contributed by atoms with Crippen LogP contribution in [0.3, 0.4) is 0 Å². The smallest absolute Gasteiger partial charge is 0.312 e. The summed E-state index contributed by atoms with van der Waals surface area (Å²) < 4.78 is 12.2. The van der Waals surface area contributed by atoms with Gasteiger partial charge in [-0.15, -0.1) is 11.3 Å². The molecule has 0 aliphatic heterocycles. The van der Waals surface area contributed by atoms with Crippen molar-refractivity contribution >= 4 is 34.9 Å². The lowest BCUT2D eigenvalue weighted by molar-refractivity contribution is -0.158. The molecule has 2 atom stereocenters. The molecule has 180 valence electrons. The normalized spacial score (nSPS) is 13.7. The van der Waals surface area contributed by atoms with E-state index in [2.05, 4.69) is 0 Å². The van der Waals surface area contributed by atoms with Crippen molar-refractivity contribution in [2.75, 3.05) is 0 Å². The number of halogens is 1. The first-order valence-electron chi connectivity index (χ1n) is 11.2. The van der Waals surface area contributed by atoms with E-state index in [0.29, 0.717) is 5.02 Å². The first-order valence-corrected chi connectivity index (χ1v) is 12.4. The number of rotatable bonds is 6. The summed E-state index contributed by atoms with van der Waals surface area (Å²) in [7, 11) is 0. The summed E-state index contributed by atoms with van der Waals surface area (Å²) >= 11 is 7.64. The minimum Gasteiger partial charge on any atom is -0.452 e. The van der Waals surface area contributed by atoms with Crippen LogP contribution in [0, 0.1) is 10.8 Å². The fourth-order valence-corrected chi connectivity index (χ4v) is 4.12. The molecule has 0 radical (unpaired) electrons. The molecule has 3 rings (SSSR count). The van der Waals surface area contributed by atoms with Crippen LogP contribution in [-0.2, 0) is 19.1 Å². The zero-order chi connectivity index (χ0) is 25.1. The van der Waals surface area contributed by atoms with Crippen LogP contribution in [0.25, 0.3) is 0 Å². The van der Waals surface area contributed by atoms with Gasteiger partial charge in [-0.05, 0) is 70.7 Å². The summed E-state index contributed by atoms with van der Waals surface area (Å²) in [6, 6.07) is 18.7. The van der Waals surface area contributed by atoms with Crippen LogP contribution >= 0.6 is 22.9 Å². The van der Waals surface area contributed by atoms with Crippen molar-refractivity contribution < 1.29 is 19.1 Å². The fourth-order valence-electron chi connectivity index (χ4n) is 3.22. The van der Waals surface area contributed by atoms with Gasteiger partial charge in [0.15, 0.2) is 12.2 Å². The molecule has 1 aromatic heterocycles. The van der Waals surface area contributed by atoms with Crippen LogP contribution in [0.15, 0.2) is 66.0 Å². The van der Waals surface area contributed by atoms with E-state index >= 15 is 0 Å².